The van der Waals surface area contributed by atoms with Gasteiger partial charge in [-0.3, -0.25) is 9.78 Å². The zero-order chi connectivity index (χ0) is 23.9. The molecule has 0 saturated carbocycles. The van der Waals surface area contributed by atoms with Crippen LogP contribution in [0.25, 0.3) is 11.1 Å². The maximum absolute atomic E-state index is 14.0. The third kappa shape index (κ3) is 5.27. The molecule has 1 atom stereocenters. The highest BCUT2D eigenvalue weighted by molar-refractivity contribution is 5.97. The second-order valence-corrected chi connectivity index (χ2v) is 7.65. The molecule has 3 aromatic carbocycles. The molecule has 1 unspecified atom stereocenters. The molecular weight excluding hydrogens is 433 g/mol. The van der Waals surface area contributed by atoms with Crippen LogP contribution in [-0.2, 0) is 4.79 Å². The molecule has 34 heavy (non-hydrogen) atoms. The first-order valence-electron chi connectivity index (χ1n) is 10.6. The SMILES string of the molecule is O=C(O)NC(C(=O)Nc1ccc(-c2ccncc2F)cc1)C(c1ccccc1)c1ccccc1. The van der Waals surface area contributed by atoms with Crippen LogP contribution in [0.15, 0.2) is 103 Å². The van der Waals surface area contributed by atoms with E-state index in [1.54, 1.807) is 30.3 Å². The summed E-state index contributed by atoms with van der Waals surface area (Å²) >= 11 is 0. The smallest absolute Gasteiger partial charge is 0.405 e. The van der Waals surface area contributed by atoms with E-state index in [1.807, 2.05) is 60.7 Å². The van der Waals surface area contributed by atoms with Crippen LogP contribution in [0.3, 0.4) is 0 Å². The summed E-state index contributed by atoms with van der Waals surface area (Å²) in [5.41, 5.74) is 3.08. The predicted octanol–water partition coefficient (Wildman–Crippen LogP) is 5.29. The van der Waals surface area contributed by atoms with Crippen molar-refractivity contribution in [2.75, 3.05) is 5.32 Å². The highest BCUT2D eigenvalue weighted by atomic mass is 19.1. The van der Waals surface area contributed by atoms with E-state index in [0.717, 1.165) is 17.3 Å². The number of carbonyl (C=O) groups is 2. The highest BCUT2D eigenvalue weighted by Crippen LogP contribution is 2.29. The third-order valence-corrected chi connectivity index (χ3v) is 5.45. The number of aromatic nitrogens is 1. The van der Waals surface area contributed by atoms with Crippen LogP contribution in [0.2, 0.25) is 0 Å². The van der Waals surface area contributed by atoms with E-state index in [0.29, 0.717) is 16.8 Å². The Bertz CT molecular complexity index is 1230. The Morgan fingerprint density at radius 2 is 1.41 bits per heavy atom. The van der Waals surface area contributed by atoms with Crippen molar-refractivity contribution in [3.63, 3.8) is 0 Å². The fourth-order valence-electron chi connectivity index (χ4n) is 3.89. The maximum atomic E-state index is 14.0. The fraction of sp³-hybridized carbons (Fsp3) is 0.0741. The van der Waals surface area contributed by atoms with E-state index in [-0.39, 0.29) is 0 Å². The Morgan fingerprint density at radius 3 is 1.94 bits per heavy atom. The van der Waals surface area contributed by atoms with E-state index in [4.69, 9.17) is 0 Å². The minimum absolute atomic E-state index is 0.395. The number of pyridine rings is 1. The van der Waals surface area contributed by atoms with Gasteiger partial charge in [-0.15, -0.1) is 0 Å². The normalized spacial score (nSPS) is 11.6. The second kappa shape index (κ2) is 10.4. The molecule has 1 aromatic heterocycles. The topological polar surface area (TPSA) is 91.3 Å². The summed E-state index contributed by atoms with van der Waals surface area (Å²) in [6.07, 6.45) is 1.34. The van der Waals surface area contributed by atoms with Crippen molar-refractivity contribution >= 4 is 17.7 Å². The fourth-order valence-corrected chi connectivity index (χ4v) is 3.89. The average molecular weight is 455 g/mol. The molecule has 0 radical (unpaired) electrons. The quantitative estimate of drug-likeness (QED) is 0.353. The Balaban J connectivity index is 1.63. The minimum Gasteiger partial charge on any atom is -0.465 e. The molecule has 1 heterocycles. The Morgan fingerprint density at radius 1 is 0.824 bits per heavy atom. The van der Waals surface area contributed by atoms with Crippen LogP contribution in [0.4, 0.5) is 14.9 Å². The predicted molar refractivity (Wildman–Crippen MR) is 128 cm³/mol. The molecular formula is C27H22FN3O3. The summed E-state index contributed by atoms with van der Waals surface area (Å²) in [6, 6.07) is 25.7. The van der Waals surface area contributed by atoms with Gasteiger partial charge in [-0.2, -0.15) is 0 Å². The van der Waals surface area contributed by atoms with Gasteiger partial charge >= 0.3 is 6.09 Å². The van der Waals surface area contributed by atoms with Crippen LogP contribution in [0, 0.1) is 5.82 Å². The maximum Gasteiger partial charge on any atom is 0.405 e. The lowest BCUT2D eigenvalue weighted by Gasteiger charge is -2.27. The number of nitrogens with zero attached hydrogens (tertiary/aromatic N) is 1. The lowest BCUT2D eigenvalue weighted by atomic mass is 9.84. The van der Waals surface area contributed by atoms with Gasteiger partial charge in [0.1, 0.15) is 11.9 Å². The lowest BCUT2D eigenvalue weighted by molar-refractivity contribution is -0.118. The molecule has 4 aromatic rings. The number of halogens is 1. The number of amides is 2. The van der Waals surface area contributed by atoms with E-state index in [2.05, 4.69) is 15.6 Å². The van der Waals surface area contributed by atoms with Gasteiger partial charge in [0, 0.05) is 23.4 Å². The van der Waals surface area contributed by atoms with Gasteiger partial charge < -0.3 is 15.7 Å². The zero-order valence-electron chi connectivity index (χ0n) is 18.1. The van der Waals surface area contributed by atoms with Crippen LogP contribution in [0.1, 0.15) is 17.0 Å². The summed E-state index contributed by atoms with van der Waals surface area (Å²) < 4.78 is 14.0. The summed E-state index contributed by atoms with van der Waals surface area (Å²) in [6.45, 7) is 0. The van der Waals surface area contributed by atoms with E-state index >= 15 is 0 Å². The molecule has 0 bridgehead atoms. The standard InChI is InChI=1S/C27H22FN3O3/c28-23-17-29-16-15-22(23)18-11-13-21(14-12-18)30-26(32)25(31-27(33)34)24(19-7-3-1-4-8-19)20-9-5-2-6-10-20/h1-17,24-25,31H,(H,30,32)(H,33,34). The summed E-state index contributed by atoms with van der Waals surface area (Å²) in [5, 5.41) is 14.7. The first-order chi connectivity index (χ1) is 16.5. The highest BCUT2D eigenvalue weighted by Gasteiger charge is 2.32. The molecule has 0 aliphatic heterocycles. The Hall–Kier alpha value is -4.52. The Kier molecular flexibility index (Phi) is 6.93. The van der Waals surface area contributed by atoms with Crippen LogP contribution >= 0.6 is 0 Å². The van der Waals surface area contributed by atoms with Crippen molar-refractivity contribution < 1.29 is 19.1 Å². The number of hydrogen-bond acceptors (Lipinski definition) is 3. The van der Waals surface area contributed by atoms with Crippen LogP contribution in [0.5, 0.6) is 0 Å². The third-order valence-electron chi connectivity index (χ3n) is 5.45. The summed E-state index contributed by atoms with van der Waals surface area (Å²) in [5.74, 6) is -1.51. The summed E-state index contributed by atoms with van der Waals surface area (Å²) in [4.78, 5) is 28.7. The van der Waals surface area contributed by atoms with E-state index in [9.17, 15) is 19.1 Å². The molecule has 0 aliphatic carbocycles. The van der Waals surface area contributed by atoms with E-state index < -0.39 is 29.8 Å². The first kappa shape index (κ1) is 22.7. The first-order valence-corrected chi connectivity index (χ1v) is 10.6. The molecule has 0 fully saturated rings. The molecule has 6 nitrogen and oxygen atoms in total. The number of rotatable bonds is 7. The molecule has 0 saturated heterocycles. The Labute approximate surface area is 196 Å². The average Bonchev–Trinajstić information content (AvgIpc) is 2.86. The van der Waals surface area contributed by atoms with Crippen molar-refractivity contribution in [2.45, 2.75) is 12.0 Å². The number of nitrogens with one attached hydrogen (secondary N) is 2. The van der Waals surface area contributed by atoms with Gasteiger partial charge in [-0.05, 0) is 34.9 Å². The van der Waals surface area contributed by atoms with Gasteiger partial charge in [-0.1, -0.05) is 72.8 Å². The van der Waals surface area contributed by atoms with Crippen molar-refractivity contribution in [3.05, 3.63) is 120 Å². The zero-order valence-corrected chi connectivity index (χ0v) is 18.1. The molecule has 3 N–H and O–H groups in total. The number of benzene rings is 3. The summed E-state index contributed by atoms with van der Waals surface area (Å²) in [7, 11) is 0. The molecule has 4 rings (SSSR count). The second-order valence-electron chi connectivity index (χ2n) is 7.65. The van der Waals surface area contributed by atoms with Crippen molar-refractivity contribution in [1.82, 2.24) is 10.3 Å². The molecule has 0 spiro atoms. The number of hydrogen-bond donors (Lipinski definition) is 3. The molecule has 7 heteroatoms. The number of carbonyl (C=O) groups excluding carboxylic acids is 1. The van der Waals surface area contributed by atoms with Crippen LogP contribution < -0.4 is 10.6 Å². The van der Waals surface area contributed by atoms with Gasteiger partial charge in [0.15, 0.2) is 0 Å². The van der Waals surface area contributed by atoms with Crippen molar-refractivity contribution in [1.29, 1.82) is 0 Å². The van der Waals surface area contributed by atoms with Crippen LogP contribution in [-0.4, -0.2) is 28.1 Å². The van der Waals surface area contributed by atoms with Gasteiger partial charge in [0.2, 0.25) is 5.91 Å². The molecule has 170 valence electrons. The van der Waals surface area contributed by atoms with Crippen molar-refractivity contribution in [3.8, 4) is 11.1 Å². The molecule has 0 aliphatic rings. The number of anilines is 1. The van der Waals surface area contributed by atoms with Gasteiger partial charge in [0.25, 0.3) is 0 Å². The number of carboxylic acid groups (broad SMARTS) is 1. The van der Waals surface area contributed by atoms with Gasteiger partial charge in [-0.25, -0.2) is 9.18 Å². The largest absolute Gasteiger partial charge is 0.465 e. The minimum atomic E-state index is -1.31. The molecule has 2 amide bonds. The monoisotopic (exact) mass is 455 g/mol. The lowest BCUT2D eigenvalue weighted by Crippen LogP contribution is -2.47. The van der Waals surface area contributed by atoms with Crippen molar-refractivity contribution in [2.24, 2.45) is 0 Å². The van der Waals surface area contributed by atoms with Gasteiger partial charge in [0.05, 0.1) is 6.20 Å². The van der Waals surface area contributed by atoms with E-state index in [1.165, 1.54) is 6.20 Å².